The zero-order valence-corrected chi connectivity index (χ0v) is 27.3. The fraction of sp³-hybridized carbons (Fsp3) is 0.412. The summed E-state index contributed by atoms with van der Waals surface area (Å²) in [7, 11) is -3.93. The summed E-state index contributed by atoms with van der Waals surface area (Å²) in [5.74, 6) is -0.879. The van der Waals surface area contributed by atoms with Crippen molar-refractivity contribution < 1.29 is 43.0 Å². The average molecular weight is 684 g/mol. The lowest BCUT2D eigenvalue weighted by atomic mass is 9.97. The van der Waals surface area contributed by atoms with E-state index in [9.17, 15) is 38.3 Å². The van der Waals surface area contributed by atoms with Gasteiger partial charge < -0.3 is 25.0 Å². The molecule has 13 nitrogen and oxygen atoms in total. The number of rotatable bonds is 16. The zero-order valence-electron chi connectivity index (χ0n) is 26.5. The van der Waals surface area contributed by atoms with Crippen molar-refractivity contribution in [2.45, 2.75) is 63.6 Å². The first-order chi connectivity index (χ1) is 23.0. The smallest absolute Gasteiger partial charge is 0.407 e. The highest BCUT2D eigenvalue weighted by atomic mass is 32.2. The van der Waals surface area contributed by atoms with Crippen LogP contribution in [0.15, 0.2) is 66.7 Å². The van der Waals surface area contributed by atoms with Crippen molar-refractivity contribution in [1.82, 2.24) is 9.62 Å². The highest BCUT2D eigenvalue weighted by Crippen LogP contribution is 2.31. The van der Waals surface area contributed by atoms with Gasteiger partial charge in [-0.15, -0.1) is 0 Å². The normalized spacial score (nSPS) is 14.2. The molecule has 1 saturated carbocycles. The first-order valence-electron chi connectivity index (χ1n) is 15.9. The van der Waals surface area contributed by atoms with Crippen molar-refractivity contribution in [2.24, 2.45) is 0 Å². The third kappa shape index (κ3) is 10.5. The van der Waals surface area contributed by atoms with Crippen LogP contribution >= 0.6 is 0 Å². The monoisotopic (exact) mass is 683 g/mol. The van der Waals surface area contributed by atoms with Crippen LogP contribution in [-0.2, 0) is 16.4 Å². The number of carbonyl (C=O) groups excluding carboxylic acids is 1. The summed E-state index contributed by atoms with van der Waals surface area (Å²) in [5.41, 5.74) is 2.94. The van der Waals surface area contributed by atoms with Crippen molar-refractivity contribution >= 4 is 27.7 Å². The van der Waals surface area contributed by atoms with E-state index in [0.717, 1.165) is 53.7 Å². The summed E-state index contributed by atoms with van der Waals surface area (Å²) < 4.78 is 33.0. The molecule has 0 heterocycles. The number of benzene rings is 3. The number of sulfonamides is 1. The maximum Gasteiger partial charge on any atom is 0.407 e. The Hall–Kier alpha value is -4.53. The van der Waals surface area contributed by atoms with Gasteiger partial charge in [0.25, 0.3) is 11.6 Å². The van der Waals surface area contributed by atoms with Crippen LogP contribution in [0.5, 0.6) is 5.75 Å². The Morgan fingerprint density at radius 2 is 1.65 bits per heavy atom. The van der Waals surface area contributed by atoms with Crippen molar-refractivity contribution in [3.05, 3.63) is 93.5 Å². The number of amides is 2. The molecule has 0 radical (unpaired) electrons. The fourth-order valence-corrected chi connectivity index (χ4v) is 6.59. The first-order valence-corrected chi connectivity index (χ1v) is 17.6. The first kappa shape index (κ1) is 36.3. The predicted molar refractivity (Wildman–Crippen MR) is 178 cm³/mol. The minimum atomic E-state index is -3.93. The Labute approximate surface area is 279 Å². The number of carbonyl (C=O) groups is 2. The molecule has 258 valence electrons. The van der Waals surface area contributed by atoms with Gasteiger partial charge in [-0.25, -0.2) is 17.9 Å². The number of nitrogens with one attached hydrogen (secondary N) is 1. The molecule has 1 fully saturated rings. The van der Waals surface area contributed by atoms with Crippen LogP contribution in [0.25, 0.3) is 11.1 Å². The maximum atomic E-state index is 13.0. The highest BCUT2D eigenvalue weighted by molar-refractivity contribution is 7.90. The number of hydrogen-bond donors (Lipinski definition) is 4. The molecule has 4 N–H and O–H groups in total. The van der Waals surface area contributed by atoms with Gasteiger partial charge in [-0.2, -0.15) is 0 Å². The Morgan fingerprint density at radius 1 is 0.979 bits per heavy atom. The van der Waals surface area contributed by atoms with Gasteiger partial charge in [-0.1, -0.05) is 36.8 Å². The molecule has 0 unspecified atom stereocenters. The molecule has 0 spiro atoms. The average Bonchev–Trinajstić information content (AvgIpc) is 3.07. The lowest BCUT2D eigenvalue weighted by Gasteiger charge is -2.24. The summed E-state index contributed by atoms with van der Waals surface area (Å²) in [4.78, 5) is 36.3. The van der Waals surface area contributed by atoms with Crippen LogP contribution in [0, 0.1) is 10.1 Å². The molecule has 0 bridgehead atoms. The summed E-state index contributed by atoms with van der Waals surface area (Å²) in [5, 5.41) is 40.0. The van der Waals surface area contributed by atoms with Crippen LogP contribution in [0.1, 0.15) is 72.5 Å². The number of aryl methyl sites for hydroxylation is 1. The fourth-order valence-electron chi connectivity index (χ4n) is 5.59. The van der Waals surface area contributed by atoms with Gasteiger partial charge in [0.15, 0.2) is 0 Å². The minimum Gasteiger partial charge on any atom is -0.490 e. The molecule has 2 amide bonds. The molecule has 0 aliphatic heterocycles. The molecule has 1 aliphatic rings. The lowest BCUT2D eigenvalue weighted by Crippen LogP contribution is -2.34. The van der Waals surface area contributed by atoms with Gasteiger partial charge in [0.05, 0.1) is 35.0 Å². The molecule has 0 saturated heterocycles. The largest absolute Gasteiger partial charge is 0.490 e. The molecular formula is C34H41N3O10S. The number of nitro benzene ring substituents is 1. The second kappa shape index (κ2) is 17.0. The number of nitro groups is 1. The van der Waals surface area contributed by atoms with E-state index in [1.807, 2.05) is 24.3 Å². The highest BCUT2D eigenvalue weighted by Gasteiger charge is 2.23. The Balaban J connectivity index is 1.41. The van der Waals surface area contributed by atoms with Crippen LogP contribution < -0.4 is 9.46 Å². The number of ether oxygens (including phenoxy) is 1. The number of nitrogens with zero attached hydrogens (tertiary/aromatic N) is 2. The van der Waals surface area contributed by atoms with Crippen LogP contribution in [0.3, 0.4) is 0 Å². The molecule has 14 heteroatoms. The summed E-state index contributed by atoms with van der Waals surface area (Å²) in [6.45, 7) is -0.322. The second-order valence-electron chi connectivity index (χ2n) is 11.8. The van der Waals surface area contributed by atoms with Crippen LogP contribution in [0.4, 0.5) is 10.5 Å². The standard InChI is InChI=1S/C34H41N3O10S/c38-20-5-21-48(45,46)35-33(40)30-18-15-27(22-32(30)47-29-7-2-1-3-8-29)25-11-9-24(10-12-25)6-4-19-36(34(41)42)23-31(39)26-13-16-28(17-14-26)37(43)44/h9-18,22,29,31,38-39H,1-8,19-21,23H2,(H,35,40)(H,41,42)/t31-/m1/s1. The van der Waals surface area contributed by atoms with E-state index in [1.54, 1.807) is 18.2 Å². The van der Waals surface area contributed by atoms with Gasteiger partial charge in [0, 0.05) is 25.3 Å². The predicted octanol–water partition coefficient (Wildman–Crippen LogP) is 5.06. The van der Waals surface area contributed by atoms with Crippen molar-refractivity contribution in [3.63, 3.8) is 0 Å². The van der Waals surface area contributed by atoms with E-state index in [4.69, 9.17) is 9.84 Å². The lowest BCUT2D eigenvalue weighted by molar-refractivity contribution is -0.384. The number of aliphatic hydroxyl groups excluding tert-OH is 2. The van der Waals surface area contributed by atoms with Crippen LogP contribution in [-0.4, -0.2) is 77.1 Å². The van der Waals surface area contributed by atoms with Gasteiger partial charge in [-0.05, 0) is 91.5 Å². The third-order valence-electron chi connectivity index (χ3n) is 8.22. The van der Waals surface area contributed by atoms with E-state index in [0.29, 0.717) is 24.2 Å². The van der Waals surface area contributed by atoms with E-state index in [-0.39, 0.29) is 49.2 Å². The molecule has 1 aliphatic carbocycles. The Kier molecular flexibility index (Phi) is 12.9. The number of hydrogen-bond acceptors (Lipinski definition) is 9. The SMILES string of the molecule is O=C(NS(=O)(=O)CCCO)c1ccc(-c2ccc(CCCN(C[C@@H](O)c3ccc([N+](=O)[O-])cc3)C(=O)O)cc2)cc1OC1CCCCC1. The summed E-state index contributed by atoms with van der Waals surface area (Å²) >= 11 is 0. The number of aliphatic hydroxyl groups is 2. The minimum absolute atomic E-state index is 0.00813. The molecule has 4 rings (SSSR count). The van der Waals surface area contributed by atoms with E-state index < -0.39 is 33.1 Å². The molecule has 3 aromatic rings. The molecule has 0 aromatic heterocycles. The maximum absolute atomic E-state index is 13.0. The Bertz CT molecular complexity index is 1660. The second-order valence-corrected chi connectivity index (χ2v) is 13.7. The van der Waals surface area contributed by atoms with Crippen LogP contribution in [0.2, 0.25) is 0 Å². The topological polar surface area (TPSA) is 197 Å². The quantitative estimate of drug-likeness (QED) is 0.117. The Morgan fingerprint density at radius 3 is 2.27 bits per heavy atom. The zero-order chi connectivity index (χ0) is 34.7. The summed E-state index contributed by atoms with van der Waals surface area (Å²) in [6, 6.07) is 18.0. The van der Waals surface area contributed by atoms with Gasteiger partial charge in [0.1, 0.15) is 5.75 Å². The molecule has 3 aromatic carbocycles. The number of carboxylic acid groups (broad SMARTS) is 1. The third-order valence-corrected chi connectivity index (χ3v) is 9.55. The van der Waals surface area contributed by atoms with Crippen molar-refractivity contribution in [1.29, 1.82) is 0 Å². The van der Waals surface area contributed by atoms with Crippen molar-refractivity contribution in [2.75, 3.05) is 25.4 Å². The molecule has 1 atom stereocenters. The number of non-ortho nitro benzene ring substituents is 1. The molecule has 48 heavy (non-hydrogen) atoms. The van der Waals surface area contributed by atoms with Gasteiger partial charge >= 0.3 is 6.09 Å². The van der Waals surface area contributed by atoms with Gasteiger partial charge in [0.2, 0.25) is 10.0 Å². The van der Waals surface area contributed by atoms with Crippen molar-refractivity contribution in [3.8, 4) is 16.9 Å². The summed E-state index contributed by atoms with van der Waals surface area (Å²) in [6.07, 6.45) is 3.46. The van der Waals surface area contributed by atoms with E-state index >= 15 is 0 Å². The van der Waals surface area contributed by atoms with Gasteiger partial charge in [-0.3, -0.25) is 14.9 Å². The molecular weight excluding hydrogens is 642 g/mol. The van der Waals surface area contributed by atoms with E-state index in [2.05, 4.69) is 4.72 Å². The van der Waals surface area contributed by atoms with E-state index in [1.165, 1.54) is 24.3 Å².